The van der Waals surface area contributed by atoms with Crippen molar-refractivity contribution in [3.63, 3.8) is 0 Å². The molecule has 2 aliphatic rings. The number of nitrogens with zero attached hydrogens (tertiary/aromatic N) is 2. The van der Waals surface area contributed by atoms with E-state index >= 15 is 0 Å². The first-order valence-electron chi connectivity index (χ1n) is 10.8. The minimum Gasteiger partial charge on any atom is -0.391 e. The Hall–Kier alpha value is -1.89. The van der Waals surface area contributed by atoms with Crippen molar-refractivity contribution >= 4 is 34.2 Å². The van der Waals surface area contributed by atoms with E-state index in [-0.39, 0.29) is 24.6 Å². The van der Waals surface area contributed by atoms with Crippen LogP contribution in [0.4, 0.5) is 5.82 Å². The number of fused-ring (bicyclic) bond motifs is 1. The molecule has 4 atom stereocenters. The molecular formula is C23H30ClN3O3. The number of hydrogen-bond donors (Lipinski definition) is 3. The maximum Gasteiger partial charge on any atom is 0.253 e. The Balaban J connectivity index is 1.57. The maximum absolute atomic E-state index is 13.0. The highest BCUT2D eigenvalue weighted by Gasteiger charge is 2.33. The average Bonchev–Trinajstić information content (AvgIpc) is 3.04. The third-order valence-corrected chi connectivity index (χ3v) is 7.00. The number of aromatic nitrogens is 1. The molecule has 4 rings (SSSR count). The molecule has 0 radical (unpaired) electrons. The zero-order chi connectivity index (χ0) is 21.5. The van der Waals surface area contributed by atoms with Gasteiger partial charge in [0.2, 0.25) is 0 Å². The van der Waals surface area contributed by atoms with Crippen molar-refractivity contribution in [2.24, 2.45) is 5.92 Å². The molecule has 7 heteroatoms. The predicted molar refractivity (Wildman–Crippen MR) is 119 cm³/mol. The fourth-order valence-electron chi connectivity index (χ4n) is 4.93. The number of hydrogen-bond acceptors (Lipinski definition) is 5. The standard InChI is InChI=1S/C23H30ClN3O3/c1-14-4-3-10-23(30,12-14)13-25-22(29)21-16-5-8-20(26-18(16)7-6-17(21)24)27-11-9-19(28)15(27)2/h5-8,14-15,19,28,30H,3-4,9-13H2,1-2H3,(H,25,29)/t14-,15+,19?,23-/m1/s1. The molecule has 1 aromatic heterocycles. The highest BCUT2D eigenvalue weighted by molar-refractivity contribution is 6.35. The van der Waals surface area contributed by atoms with Gasteiger partial charge in [0.05, 0.1) is 33.8 Å². The molecule has 0 bridgehead atoms. The van der Waals surface area contributed by atoms with E-state index in [2.05, 4.69) is 17.1 Å². The van der Waals surface area contributed by atoms with Gasteiger partial charge < -0.3 is 20.4 Å². The smallest absolute Gasteiger partial charge is 0.253 e. The molecule has 30 heavy (non-hydrogen) atoms. The summed E-state index contributed by atoms with van der Waals surface area (Å²) in [7, 11) is 0. The van der Waals surface area contributed by atoms with Crippen molar-refractivity contribution in [2.45, 2.75) is 63.7 Å². The number of carbonyl (C=O) groups excluding carboxylic acids is 1. The minimum atomic E-state index is -0.859. The van der Waals surface area contributed by atoms with Crippen molar-refractivity contribution in [1.82, 2.24) is 10.3 Å². The van der Waals surface area contributed by atoms with Gasteiger partial charge in [0.15, 0.2) is 0 Å². The molecule has 1 aliphatic carbocycles. The second kappa shape index (κ2) is 8.33. The number of carbonyl (C=O) groups is 1. The van der Waals surface area contributed by atoms with Crippen LogP contribution in [0, 0.1) is 5.92 Å². The predicted octanol–water partition coefficient (Wildman–Crippen LogP) is 3.52. The average molecular weight is 432 g/mol. The first-order valence-corrected chi connectivity index (χ1v) is 11.2. The number of rotatable bonds is 4. The summed E-state index contributed by atoms with van der Waals surface area (Å²) in [4.78, 5) is 19.8. The second-order valence-electron chi connectivity index (χ2n) is 9.06. The zero-order valence-corrected chi connectivity index (χ0v) is 18.3. The highest BCUT2D eigenvalue weighted by Crippen LogP contribution is 2.33. The van der Waals surface area contributed by atoms with Gasteiger partial charge in [-0.3, -0.25) is 4.79 Å². The SMILES string of the molecule is C[C@@H]1CCC[C@](O)(CNC(=O)c2c(Cl)ccc3nc(N4CCC(O)[C@@H]4C)ccc23)C1. The van der Waals surface area contributed by atoms with Crippen molar-refractivity contribution in [3.05, 3.63) is 34.9 Å². The third kappa shape index (κ3) is 4.13. The molecule has 162 valence electrons. The van der Waals surface area contributed by atoms with Gasteiger partial charge in [0.25, 0.3) is 5.91 Å². The Kier molecular flexibility index (Phi) is 5.93. The summed E-state index contributed by atoms with van der Waals surface area (Å²) in [5.41, 5.74) is 0.207. The topological polar surface area (TPSA) is 85.7 Å². The maximum atomic E-state index is 13.0. The molecule has 2 aromatic rings. The van der Waals surface area contributed by atoms with E-state index in [1.807, 2.05) is 25.1 Å². The first-order chi connectivity index (χ1) is 14.3. The Morgan fingerprint density at radius 1 is 1.30 bits per heavy atom. The first kappa shape index (κ1) is 21.3. The number of nitrogens with one attached hydrogen (secondary N) is 1. The number of aliphatic hydroxyl groups is 2. The van der Waals surface area contributed by atoms with Gasteiger partial charge in [0, 0.05) is 18.5 Å². The van der Waals surface area contributed by atoms with E-state index in [0.29, 0.717) is 40.2 Å². The molecule has 2 heterocycles. The van der Waals surface area contributed by atoms with E-state index in [9.17, 15) is 15.0 Å². The van der Waals surface area contributed by atoms with Crippen molar-refractivity contribution in [3.8, 4) is 0 Å². The van der Waals surface area contributed by atoms with Crippen LogP contribution in [0.15, 0.2) is 24.3 Å². The number of benzene rings is 1. The lowest BCUT2D eigenvalue weighted by Crippen LogP contribution is -2.45. The highest BCUT2D eigenvalue weighted by atomic mass is 35.5. The van der Waals surface area contributed by atoms with Crippen LogP contribution in [0.3, 0.4) is 0 Å². The molecule has 1 aliphatic heterocycles. The zero-order valence-electron chi connectivity index (χ0n) is 17.6. The number of anilines is 1. The molecule has 1 saturated heterocycles. The van der Waals surface area contributed by atoms with Gasteiger partial charge in [0.1, 0.15) is 5.82 Å². The van der Waals surface area contributed by atoms with Crippen molar-refractivity contribution in [1.29, 1.82) is 0 Å². The van der Waals surface area contributed by atoms with Crippen LogP contribution in [0.1, 0.15) is 56.3 Å². The van der Waals surface area contributed by atoms with Gasteiger partial charge in [-0.15, -0.1) is 0 Å². The molecule has 1 saturated carbocycles. The van der Waals surface area contributed by atoms with Crippen LogP contribution in [0.2, 0.25) is 5.02 Å². The normalized spacial score (nSPS) is 29.4. The molecule has 3 N–H and O–H groups in total. The monoisotopic (exact) mass is 431 g/mol. The summed E-state index contributed by atoms with van der Waals surface area (Å²) < 4.78 is 0. The van der Waals surface area contributed by atoms with Gasteiger partial charge in [-0.2, -0.15) is 0 Å². The molecule has 1 amide bonds. The molecule has 1 unspecified atom stereocenters. The summed E-state index contributed by atoms with van der Waals surface area (Å²) in [6, 6.07) is 7.25. The van der Waals surface area contributed by atoms with E-state index in [1.54, 1.807) is 6.07 Å². The summed E-state index contributed by atoms with van der Waals surface area (Å²) >= 11 is 6.39. The van der Waals surface area contributed by atoms with E-state index < -0.39 is 5.60 Å². The van der Waals surface area contributed by atoms with Crippen LogP contribution in [-0.4, -0.2) is 51.9 Å². The van der Waals surface area contributed by atoms with Crippen LogP contribution in [-0.2, 0) is 0 Å². The van der Waals surface area contributed by atoms with Crippen LogP contribution in [0.5, 0.6) is 0 Å². The number of pyridine rings is 1. The quantitative estimate of drug-likeness (QED) is 0.689. The van der Waals surface area contributed by atoms with Gasteiger partial charge >= 0.3 is 0 Å². The summed E-state index contributed by atoms with van der Waals surface area (Å²) in [5, 5.41) is 24.8. The Labute approximate surface area is 182 Å². The lowest BCUT2D eigenvalue weighted by atomic mass is 9.79. The van der Waals surface area contributed by atoms with E-state index in [0.717, 1.165) is 31.6 Å². The second-order valence-corrected chi connectivity index (χ2v) is 9.46. The van der Waals surface area contributed by atoms with Gasteiger partial charge in [-0.05, 0) is 56.4 Å². The van der Waals surface area contributed by atoms with Gasteiger partial charge in [-0.1, -0.05) is 31.4 Å². The molecular weight excluding hydrogens is 402 g/mol. The lowest BCUT2D eigenvalue weighted by molar-refractivity contribution is -0.0109. The van der Waals surface area contributed by atoms with Crippen molar-refractivity contribution < 1.29 is 15.0 Å². The number of aliphatic hydroxyl groups excluding tert-OH is 1. The molecule has 6 nitrogen and oxygen atoms in total. The fourth-order valence-corrected chi connectivity index (χ4v) is 5.18. The summed E-state index contributed by atoms with van der Waals surface area (Å²) in [5.74, 6) is 0.943. The third-order valence-electron chi connectivity index (χ3n) is 6.69. The van der Waals surface area contributed by atoms with Crippen LogP contribution in [0.25, 0.3) is 10.9 Å². The van der Waals surface area contributed by atoms with Gasteiger partial charge in [-0.25, -0.2) is 4.98 Å². The number of halogens is 1. The Bertz CT molecular complexity index is 953. The molecule has 0 spiro atoms. The van der Waals surface area contributed by atoms with E-state index in [1.165, 1.54) is 0 Å². The lowest BCUT2D eigenvalue weighted by Gasteiger charge is -2.35. The summed E-state index contributed by atoms with van der Waals surface area (Å²) in [6.45, 7) is 5.09. The molecule has 2 fully saturated rings. The summed E-state index contributed by atoms with van der Waals surface area (Å²) in [6.07, 6.45) is 3.84. The fraction of sp³-hybridized carbons (Fsp3) is 0.565. The largest absolute Gasteiger partial charge is 0.391 e. The van der Waals surface area contributed by atoms with E-state index in [4.69, 9.17) is 16.6 Å². The van der Waals surface area contributed by atoms with Crippen molar-refractivity contribution in [2.75, 3.05) is 18.0 Å². The Morgan fingerprint density at radius 3 is 2.80 bits per heavy atom. The van der Waals surface area contributed by atoms with Crippen LogP contribution >= 0.6 is 11.6 Å². The minimum absolute atomic E-state index is 0.00338. The Morgan fingerprint density at radius 2 is 2.10 bits per heavy atom. The van der Waals surface area contributed by atoms with Crippen LogP contribution < -0.4 is 10.2 Å². The number of amides is 1. The molecule has 1 aromatic carbocycles.